The third-order valence-electron chi connectivity index (χ3n) is 3.60. The molecule has 2 rings (SSSR count). The third-order valence-corrected chi connectivity index (χ3v) is 4.67. The quantitative estimate of drug-likeness (QED) is 0.516. The second-order valence-corrected chi connectivity index (χ2v) is 6.13. The maximum atomic E-state index is 5.41. The van der Waals surface area contributed by atoms with Gasteiger partial charge in [-0.05, 0) is 59.3 Å². The lowest BCUT2D eigenvalue weighted by atomic mass is 10.1. The average molecular weight is 427 g/mol. The number of methoxy groups -OCH3 is 3. The van der Waals surface area contributed by atoms with Gasteiger partial charge in [0.2, 0.25) is 0 Å². The van der Waals surface area contributed by atoms with E-state index < -0.39 is 0 Å². The first-order valence-corrected chi connectivity index (χ1v) is 8.50. The molecule has 0 radical (unpaired) electrons. The maximum Gasteiger partial charge on any atom is 0.136 e. The number of halogens is 1. The molecule has 0 saturated heterocycles. The number of nitrogens with one attached hydrogen (secondary N) is 1. The third kappa shape index (κ3) is 4.75. The van der Waals surface area contributed by atoms with Crippen molar-refractivity contribution < 1.29 is 14.2 Å². The van der Waals surface area contributed by atoms with Gasteiger partial charge in [-0.2, -0.15) is 0 Å². The summed E-state index contributed by atoms with van der Waals surface area (Å²) in [6.07, 6.45) is 0.902. The van der Waals surface area contributed by atoms with Gasteiger partial charge >= 0.3 is 0 Å². The van der Waals surface area contributed by atoms with Gasteiger partial charge in [-0.3, -0.25) is 0 Å². The lowest BCUT2D eigenvalue weighted by molar-refractivity contribution is 0.388. The van der Waals surface area contributed by atoms with Gasteiger partial charge in [0.25, 0.3) is 0 Å². The van der Waals surface area contributed by atoms with Gasteiger partial charge in [0.15, 0.2) is 0 Å². The minimum Gasteiger partial charge on any atom is -0.496 e. The Morgan fingerprint density at radius 2 is 1.52 bits per heavy atom. The molecule has 0 aliphatic rings. The van der Waals surface area contributed by atoms with E-state index in [0.29, 0.717) is 0 Å². The summed E-state index contributed by atoms with van der Waals surface area (Å²) in [5.74, 6) is 2.62. The number of hydrogen-bond donors (Lipinski definition) is 1. The van der Waals surface area contributed by atoms with Crippen molar-refractivity contribution in [3.63, 3.8) is 0 Å². The zero-order chi connectivity index (χ0) is 16.7. The first-order chi connectivity index (χ1) is 11.2. The topological polar surface area (TPSA) is 39.7 Å². The van der Waals surface area contributed by atoms with Gasteiger partial charge in [0.1, 0.15) is 17.2 Å². The molecule has 0 bridgehead atoms. The normalized spacial score (nSPS) is 10.4. The molecule has 0 heterocycles. The SMILES string of the molecule is COc1ccccc1CNCCc1cc(OC)c(I)c(OC)c1. The molecule has 4 nitrogen and oxygen atoms in total. The fraction of sp³-hybridized carbons (Fsp3) is 0.333. The van der Waals surface area contributed by atoms with Crippen LogP contribution in [0.4, 0.5) is 0 Å². The lowest BCUT2D eigenvalue weighted by Crippen LogP contribution is -2.17. The van der Waals surface area contributed by atoms with Crippen LogP contribution in [0.2, 0.25) is 0 Å². The van der Waals surface area contributed by atoms with Crippen LogP contribution < -0.4 is 19.5 Å². The number of benzene rings is 2. The molecule has 0 aliphatic heterocycles. The van der Waals surface area contributed by atoms with Crippen molar-refractivity contribution >= 4 is 22.6 Å². The van der Waals surface area contributed by atoms with Gasteiger partial charge < -0.3 is 19.5 Å². The van der Waals surface area contributed by atoms with E-state index in [0.717, 1.165) is 45.9 Å². The molecule has 1 N–H and O–H groups in total. The summed E-state index contributed by atoms with van der Waals surface area (Å²) in [6.45, 7) is 1.65. The van der Waals surface area contributed by atoms with E-state index >= 15 is 0 Å². The fourth-order valence-corrected chi connectivity index (χ4v) is 3.12. The van der Waals surface area contributed by atoms with Gasteiger partial charge in [-0.25, -0.2) is 0 Å². The highest BCUT2D eigenvalue weighted by atomic mass is 127. The Hall–Kier alpha value is -1.47. The van der Waals surface area contributed by atoms with Crippen molar-refractivity contribution in [3.8, 4) is 17.2 Å². The molecule has 2 aromatic rings. The molecule has 0 saturated carbocycles. The zero-order valence-electron chi connectivity index (χ0n) is 13.7. The van der Waals surface area contributed by atoms with E-state index in [-0.39, 0.29) is 0 Å². The molecular weight excluding hydrogens is 405 g/mol. The van der Waals surface area contributed by atoms with Crippen molar-refractivity contribution in [1.29, 1.82) is 0 Å². The summed E-state index contributed by atoms with van der Waals surface area (Å²) in [7, 11) is 5.06. The van der Waals surface area contributed by atoms with Gasteiger partial charge in [0, 0.05) is 12.1 Å². The molecule has 2 aromatic carbocycles. The molecule has 0 atom stereocenters. The maximum absolute atomic E-state index is 5.41. The number of para-hydroxylation sites is 1. The van der Waals surface area contributed by atoms with Crippen LogP contribution in [0.3, 0.4) is 0 Å². The van der Waals surface area contributed by atoms with E-state index in [9.17, 15) is 0 Å². The summed E-state index contributed by atoms with van der Waals surface area (Å²) < 4.78 is 17.2. The van der Waals surface area contributed by atoms with Crippen LogP contribution in [0.25, 0.3) is 0 Å². The zero-order valence-corrected chi connectivity index (χ0v) is 15.8. The van der Waals surface area contributed by atoms with Crippen molar-refractivity contribution in [2.45, 2.75) is 13.0 Å². The summed E-state index contributed by atoms with van der Waals surface area (Å²) >= 11 is 2.24. The molecule has 0 fully saturated rings. The molecule has 5 heteroatoms. The Morgan fingerprint density at radius 1 is 0.913 bits per heavy atom. The Kier molecular flexibility index (Phi) is 6.98. The highest BCUT2D eigenvalue weighted by molar-refractivity contribution is 14.1. The van der Waals surface area contributed by atoms with Crippen LogP contribution in [-0.4, -0.2) is 27.9 Å². The summed E-state index contributed by atoms with van der Waals surface area (Å²) in [5, 5.41) is 3.45. The molecule has 0 aliphatic carbocycles. The largest absolute Gasteiger partial charge is 0.496 e. The molecule has 0 aromatic heterocycles. The Labute approximate surface area is 151 Å². The highest BCUT2D eigenvalue weighted by Gasteiger charge is 2.09. The van der Waals surface area contributed by atoms with Crippen molar-refractivity contribution in [3.05, 3.63) is 51.1 Å². The molecular formula is C18H22INO3. The first kappa shape index (κ1) is 17.9. The van der Waals surface area contributed by atoms with E-state index in [1.807, 2.05) is 18.2 Å². The smallest absolute Gasteiger partial charge is 0.136 e. The molecule has 0 spiro atoms. The van der Waals surface area contributed by atoms with Gasteiger partial charge in [-0.1, -0.05) is 18.2 Å². The highest BCUT2D eigenvalue weighted by Crippen LogP contribution is 2.31. The van der Waals surface area contributed by atoms with Crippen molar-refractivity contribution in [2.75, 3.05) is 27.9 Å². The first-order valence-electron chi connectivity index (χ1n) is 7.42. The fourth-order valence-electron chi connectivity index (χ4n) is 2.37. The van der Waals surface area contributed by atoms with Crippen molar-refractivity contribution in [1.82, 2.24) is 5.32 Å². The summed E-state index contributed by atoms with van der Waals surface area (Å²) in [5.41, 5.74) is 2.35. The van der Waals surface area contributed by atoms with Gasteiger partial charge in [0.05, 0.1) is 24.9 Å². The summed E-state index contributed by atoms with van der Waals surface area (Å²) in [4.78, 5) is 0. The summed E-state index contributed by atoms with van der Waals surface area (Å²) in [6, 6.07) is 12.2. The second-order valence-electron chi connectivity index (χ2n) is 5.05. The van der Waals surface area contributed by atoms with Crippen LogP contribution in [0.5, 0.6) is 17.2 Å². The van der Waals surface area contributed by atoms with E-state index in [1.54, 1.807) is 21.3 Å². The van der Waals surface area contributed by atoms with E-state index in [2.05, 4.69) is 46.1 Å². The number of ether oxygens (including phenoxy) is 3. The van der Waals surface area contributed by atoms with Crippen LogP contribution in [0.15, 0.2) is 36.4 Å². The standard InChI is InChI=1S/C18H22INO3/c1-21-15-7-5-4-6-14(15)12-20-9-8-13-10-16(22-2)18(19)17(11-13)23-3/h4-7,10-11,20H,8-9,12H2,1-3H3. The Bertz CT molecular complexity index is 621. The Balaban J connectivity index is 1.94. The number of rotatable bonds is 8. The molecule has 23 heavy (non-hydrogen) atoms. The van der Waals surface area contributed by atoms with E-state index in [4.69, 9.17) is 14.2 Å². The lowest BCUT2D eigenvalue weighted by Gasteiger charge is -2.12. The molecule has 124 valence electrons. The Morgan fingerprint density at radius 3 is 2.13 bits per heavy atom. The second kappa shape index (κ2) is 8.98. The van der Waals surface area contributed by atoms with Crippen LogP contribution >= 0.6 is 22.6 Å². The predicted molar refractivity (Wildman–Crippen MR) is 101 cm³/mol. The molecule has 0 amide bonds. The monoisotopic (exact) mass is 427 g/mol. The van der Waals surface area contributed by atoms with Crippen LogP contribution in [-0.2, 0) is 13.0 Å². The van der Waals surface area contributed by atoms with Crippen LogP contribution in [0.1, 0.15) is 11.1 Å². The van der Waals surface area contributed by atoms with Gasteiger partial charge in [-0.15, -0.1) is 0 Å². The molecule has 0 unspecified atom stereocenters. The average Bonchev–Trinajstić information content (AvgIpc) is 2.60. The van der Waals surface area contributed by atoms with Crippen molar-refractivity contribution in [2.24, 2.45) is 0 Å². The van der Waals surface area contributed by atoms with Crippen LogP contribution in [0, 0.1) is 3.57 Å². The van der Waals surface area contributed by atoms with E-state index in [1.165, 1.54) is 5.56 Å². The minimum absolute atomic E-state index is 0.780. The predicted octanol–water partition coefficient (Wildman–Crippen LogP) is 3.65. The minimum atomic E-state index is 0.780. The number of hydrogen-bond acceptors (Lipinski definition) is 4.